The van der Waals surface area contributed by atoms with E-state index in [-0.39, 0.29) is 11.3 Å². The Labute approximate surface area is 262 Å². The Kier molecular flexibility index (Phi) is 7.26. The number of fused-ring (bicyclic) bond motifs is 2. The van der Waals surface area contributed by atoms with Crippen LogP contribution in [0.2, 0.25) is 0 Å². The summed E-state index contributed by atoms with van der Waals surface area (Å²) in [5, 5.41) is 12.2. The smallest absolute Gasteiger partial charge is 0.301 e. The van der Waals surface area contributed by atoms with Crippen molar-refractivity contribution >= 4 is 49.8 Å². The summed E-state index contributed by atoms with van der Waals surface area (Å²) in [6.07, 6.45) is 1.76. The molecule has 3 aromatic carbocycles. The second-order valence-corrected chi connectivity index (χ2v) is 11.6. The molecule has 1 N–H and O–H groups in total. The maximum atomic E-state index is 13.8. The van der Waals surface area contributed by atoms with Crippen LogP contribution < -0.4 is 14.4 Å². The standard InChI is InChI=1S/C35H28N4O5S/c1-3-43-25-16-17-26-27(19-25)45-35(37-26)39-31(23-12-14-24(15-13-23)44-20-22-9-5-4-6-10-22)29(33(41)34(39)42)32(40)30-21(2)36-28-11-7-8-18-38(28)30/h4-19,31,40H,3,20H2,1-2H3. The molecule has 224 valence electrons. The van der Waals surface area contributed by atoms with E-state index in [1.807, 2.05) is 73.7 Å². The van der Waals surface area contributed by atoms with Crippen molar-refractivity contribution in [2.45, 2.75) is 26.5 Å². The summed E-state index contributed by atoms with van der Waals surface area (Å²) in [4.78, 5) is 38.3. The van der Waals surface area contributed by atoms with E-state index in [2.05, 4.69) is 4.98 Å². The van der Waals surface area contributed by atoms with Gasteiger partial charge in [-0.15, -0.1) is 0 Å². The van der Waals surface area contributed by atoms with Gasteiger partial charge in [-0.1, -0.05) is 59.9 Å². The number of carbonyl (C=O) groups is 2. The molecule has 45 heavy (non-hydrogen) atoms. The molecule has 7 rings (SSSR count). The summed E-state index contributed by atoms with van der Waals surface area (Å²) in [5.41, 5.74) is 3.75. The first-order valence-electron chi connectivity index (χ1n) is 14.5. The number of ether oxygens (including phenoxy) is 2. The molecule has 1 amide bonds. The lowest BCUT2D eigenvalue weighted by Crippen LogP contribution is -2.29. The van der Waals surface area contributed by atoms with E-state index in [0.29, 0.717) is 58.0 Å². The fourth-order valence-electron chi connectivity index (χ4n) is 5.61. The minimum absolute atomic E-state index is 0.0408. The second-order valence-electron chi connectivity index (χ2n) is 10.5. The average molecular weight is 617 g/mol. The zero-order valence-corrected chi connectivity index (χ0v) is 25.3. The first-order chi connectivity index (χ1) is 21.9. The molecule has 0 aliphatic carbocycles. The number of ketones is 1. The first-order valence-corrected chi connectivity index (χ1v) is 15.3. The number of thiazole rings is 1. The van der Waals surface area contributed by atoms with Gasteiger partial charge in [-0.3, -0.25) is 18.9 Å². The Bertz CT molecular complexity index is 2100. The highest BCUT2D eigenvalue weighted by Crippen LogP contribution is 2.45. The maximum Gasteiger partial charge on any atom is 0.301 e. The van der Waals surface area contributed by atoms with Crippen LogP contribution >= 0.6 is 11.3 Å². The van der Waals surface area contributed by atoms with Crippen LogP contribution in [-0.2, 0) is 16.2 Å². The number of Topliss-reactive ketones (excluding diaryl/α,β-unsaturated/α-hetero) is 1. The number of aromatic nitrogens is 3. The number of aliphatic hydroxyl groups excluding tert-OH is 1. The number of rotatable bonds is 8. The molecule has 4 heterocycles. The molecule has 0 bridgehead atoms. The van der Waals surface area contributed by atoms with Gasteiger partial charge >= 0.3 is 5.91 Å². The third-order valence-electron chi connectivity index (χ3n) is 7.68. The van der Waals surface area contributed by atoms with Crippen LogP contribution in [0.1, 0.15) is 35.5 Å². The molecule has 9 nitrogen and oxygen atoms in total. The fraction of sp³-hybridized carbons (Fsp3) is 0.143. The third kappa shape index (κ3) is 5.08. The molecule has 6 aromatic rings. The van der Waals surface area contributed by atoms with Crippen molar-refractivity contribution < 1.29 is 24.2 Å². The summed E-state index contributed by atoms with van der Waals surface area (Å²) in [6.45, 7) is 4.57. The molecule has 10 heteroatoms. The van der Waals surface area contributed by atoms with E-state index in [1.54, 1.807) is 41.8 Å². The van der Waals surface area contributed by atoms with Crippen molar-refractivity contribution in [1.82, 2.24) is 14.4 Å². The number of hydrogen-bond acceptors (Lipinski definition) is 8. The van der Waals surface area contributed by atoms with E-state index in [1.165, 1.54) is 16.2 Å². The van der Waals surface area contributed by atoms with Crippen LogP contribution in [0.4, 0.5) is 5.13 Å². The molecule has 1 aliphatic rings. The van der Waals surface area contributed by atoms with Crippen LogP contribution in [0.3, 0.4) is 0 Å². The number of hydrogen-bond donors (Lipinski definition) is 1. The van der Waals surface area contributed by atoms with Gasteiger partial charge in [0.1, 0.15) is 29.4 Å². The minimum Gasteiger partial charge on any atom is -0.505 e. The van der Waals surface area contributed by atoms with Gasteiger partial charge in [-0.25, -0.2) is 9.97 Å². The largest absolute Gasteiger partial charge is 0.505 e. The number of imidazole rings is 1. The predicted molar refractivity (Wildman–Crippen MR) is 173 cm³/mol. The lowest BCUT2D eigenvalue weighted by atomic mass is 9.96. The van der Waals surface area contributed by atoms with Crippen molar-refractivity contribution in [2.24, 2.45) is 0 Å². The summed E-state index contributed by atoms with van der Waals surface area (Å²) < 4.78 is 14.2. The molecule has 1 aliphatic heterocycles. The first kappa shape index (κ1) is 28.3. The van der Waals surface area contributed by atoms with Gasteiger partial charge in [0.2, 0.25) is 0 Å². The monoisotopic (exact) mass is 616 g/mol. The average Bonchev–Trinajstić information content (AvgIpc) is 3.71. The van der Waals surface area contributed by atoms with Crippen LogP contribution in [0, 0.1) is 6.92 Å². The van der Waals surface area contributed by atoms with Crippen molar-refractivity contribution in [3.05, 3.63) is 125 Å². The third-order valence-corrected chi connectivity index (χ3v) is 8.70. The Morgan fingerprint density at radius 1 is 0.911 bits per heavy atom. The van der Waals surface area contributed by atoms with Crippen LogP contribution in [0.15, 0.2) is 103 Å². The molecule has 1 fully saturated rings. The number of carbonyl (C=O) groups excluding carboxylic acids is 2. The van der Waals surface area contributed by atoms with Gasteiger partial charge in [0, 0.05) is 6.20 Å². The molecular formula is C35H28N4O5S. The highest BCUT2D eigenvalue weighted by atomic mass is 32.1. The molecule has 1 saturated heterocycles. The van der Waals surface area contributed by atoms with Gasteiger partial charge in [0.25, 0.3) is 5.78 Å². The molecule has 3 aromatic heterocycles. The van der Waals surface area contributed by atoms with Crippen molar-refractivity contribution in [1.29, 1.82) is 0 Å². The van der Waals surface area contributed by atoms with Crippen molar-refractivity contribution in [2.75, 3.05) is 11.5 Å². The zero-order chi connectivity index (χ0) is 31.1. The number of aryl methyl sites for hydroxylation is 1. The Morgan fingerprint density at radius 2 is 1.67 bits per heavy atom. The normalized spacial score (nSPS) is 16.1. The van der Waals surface area contributed by atoms with Gasteiger partial charge in [-0.2, -0.15) is 0 Å². The van der Waals surface area contributed by atoms with E-state index in [0.717, 1.165) is 10.3 Å². The molecule has 1 unspecified atom stereocenters. The number of amides is 1. The zero-order valence-electron chi connectivity index (χ0n) is 24.5. The highest BCUT2D eigenvalue weighted by molar-refractivity contribution is 7.22. The molecule has 1 atom stereocenters. The quantitative estimate of drug-likeness (QED) is 0.113. The topological polar surface area (TPSA) is 106 Å². The Balaban J connectivity index is 1.34. The van der Waals surface area contributed by atoms with Crippen LogP contribution in [0.5, 0.6) is 11.5 Å². The maximum absolute atomic E-state index is 13.8. The van der Waals surface area contributed by atoms with Gasteiger partial charge in [-0.05, 0) is 67.4 Å². The Hall–Kier alpha value is -5.48. The highest BCUT2D eigenvalue weighted by Gasteiger charge is 2.48. The van der Waals surface area contributed by atoms with E-state index >= 15 is 0 Å². The van der Waals surface area contributed by atoms with Gasteiger partial charge in [0.05, 0.1) is 34.1 Å². The van der Waals surface area contributed by atoms with Crippen LogP contribution in [0.25, 0.3) is 21.6 Å². The minimum atomic E-state index is -0.950. The van der Waals surface area contributed by atoms with Crippen molar-refractivity contribution in [3.63, 3.8) is 0 Å². The summed E-state index contributed by atoms with van der Waals surface area (Å²) in [7, 11) is 0. The summed E-state index contributed by atoms with van der Waals surface area (Å²) in [5.74, 6) is -0.572. The predicted octanol–water partition coefficient (Wildman–Crippen LogP) is 6.86. The lowest BCUT2D eigenvalue weighted by molar-refractivity contribution is -0.132. The number of aliphatic hydroxyl groups is 1. The molecule has 0 radical (unpaired) electrons. The molecule has 0 saturated carbocycles. The van der Waals surface area contributed by atoms with Crippen LogP contribution in [-0.4, -0.2) is 37.8 Å². The number of anilines is 1. The summed E-state index contributed by atoms with van der Waals surface area (Å²) in [6, 6.07) is 27.1. The molecule has 0 spiro atoms. The number of benzene rings is 3. The fourth-order valence-corrected chi connectivity index (χ4v) is 6.63. The van der Waals surface area contributed by atoms with Crippen molar-refractivity contribution in [3.8, 4) is 11.5 Å². The SMILES string of the molecule is CCOc1ccc2nc(N3C(=O)C(=O)C(=C(O)c4c(C)nc5ccccn45)C3c3ccc(OCc4ccccc4)cc3)sc2c1. The second kappa shape index (κ2) is 11.5. The number of pyridine rings is 1. The lowest BCUT2D eigenvalue weighted by Gasteiger charge is -2.23. The Morgan fingerprint density at radius 3 is 2.44 bits per heavy atom. The van der Waals surface area contributed by atoms with Gasteiger partial charge < -0.3 is 14.6 Å². The van der Waals surface area contributed by atoms with E-state index in [9.17, 15) is 14.7 Å². The summed E-state index contributed by atoms with van der Waals surface area (Å²) >= 11 is 1.28. The van der Waals surface area contributed by atoms with Gasteiger partial charge in [0.15, 0.2) is 10.9 Å². The van der Waals surface area contributed by atoms with E-state index < -0.39 is 17.7 Å². The molecular weight excluding hydrogens is 588 g/mol. The number of nitrogens with zero attached hydrogens (tertiary/aromatic N) is 4. The van der Waals surface area contributed by atoms with E-state index in [4.69, 9.17) is 14.5 Å².